The van der Waals surface area contributed by atoms with Crippen LogP contribution in [-0.2, 0) is 16.4 Å². The SMILES string of the molecule is O=S(=O)(NCCc1csc(-c2ccccc2Cl)n1)c1cccs1. The van der Waals surface area contributed by atoms with E-state index < -0.39 is 10.0 Å². The van der Waals surface area contributed by atoms with Gasteiger partial charge in [-0.05, 0) is 17.5 Å². The van der Waals surface area contributed by atoms with Gasteiger partial charge in [-0.1, -0.05) is 35.9 Å². The second-order valence-corrected chi connectivity index (χ2v) is 8.91. The lowest BCUT2D eigenvalue weighted by molar-refractivity contribution is 0.583. The van der Waals surface area contributed by atoms with Crippen molar-refractivity contribution in [1.82, 2.24) is 9.71 Å². The molecule has 0 aliphatic carbocycles. The molecule has 0 atom stereocenters. The topological polar surface area (TPSA) is 59.1 Å². The number of nitrogens with zero attached hydrogens (tertiary/aromatic N) is 1. The summed E-state index contributed by atoms with van der Waals surface area (Å²) < 4.78 is 27.0. The van der Waals surface area contributed by atoms with Crippen LogP contribution < -0.4 is 4.72 Å². The zero-order valence-electron chi connectivity index (χ0n) is 11.9. The Hall–Kier alpha value is -1.25. The average Bonchev–Trinajstić information content (AvgIpc) is 3.19. The van der Waals surface area contributed by atoms with Gasteiger partial charge in [-0.2, -0.15) is 0 Å². The minimum absolute atomic E-state index is 0.311. The van der Waals surface area contributed by atoms with Crippen LogP contribution in [0.2, 0.25) is 5.02 Å². The van der Waals surface area contributed by atoms with Crippen molar-refractivity contribution in [2.45, 2.75) is 10.6 Å². The Morgan fingerprint density at radius 3 is 2.70 bits per heavy atom. The summed E-state index contributed by atoms with van der Waals surface area (Å²) in [6, 6.07) is 10.8. The Labute approximate surface area is 147 Å². The maximum Gasteiger partial charge on any atom is 0.250 e. The van der Waals surface area contributed by atoms with E-state index in [0.29, 0.717) is 22.2 Å². The summed E-state index contributed by atoms with van der Waals surface area (Å²) in [4.78, 5) is 4.53. The number of hydrogen-bond acceptors (Lipinski definition) is 5. The molecule has 0 unspecified atom stereocenters. The third-order valence-corrected chi connectivity index (χ3v) is 7.20. The van der Waals surface area contributed by atoms with Crippen molar-refractivity contribution in [2.75, 3.05) is 6.54 Å². The number of rotatable bonds is 6. The second kappa shape index (κ2) is 7.11. The van der Waals surface area contributed by atoms with E-state index in [-0.39, 0.29) is 0 Å². The van der Waals surface area contributed by atoms with Crippen LogP contribution in [-0.4, -0.2) is 19.9 Å². The Balaban J connectivity index is 1.63. The van der Waals surface area contributed by atoms with Crippen LogP contribution in [0.15, 0.2) is 51.4 Å². The number of benzene rings is 1. The zero-order chi connectivity index (χ0) is 16.3. The van der Waals surface area contributed by atoms with E-state index in [1.807, 2.05) is 29.6 Å². The van der Waals surface area contributed by atoms with Gasteiger partial charge in [0.2, 0.25) is 10.0 Å². The summed E-state index contributed by atoms with van der Waals surface area (Å²) in [5.41, 5.74) is 1.74. The Bertz CT molecular complexity index is 889. The summed E-state index contributed by atoms with van der Waals surface area (Å²) in [5, 5.41) is 5.17. The summed E-state index contributed by atoms with van der Waals surface area (Å²) >= 11 is 8.87. The van der Waals surface area contributed by atoms with Gasteiger partial charge in [0.05, 0.1) is 10.7 Å². The molecule has 120 valence electrons. The van der Waals surface area contributed by atoms with Crippen LogP contribution in [0.3, 0.4) is 0 Å². The first-order valence-corrected chi connectivity index (χ1v) is 10.4. The molecule has 8 heteroatoms. The molecule has 3 rings (SSSR count). The van der Waals surface area contributed by atoms with Crippen LogP contribution in [0.1, 0.15) is 5.69 Å². The highest BCUT2D eigenvalue weighted by Crippen LogP contribution is 2.30. The molecule has 0 saturated heterocycles. The van der Waals surface area contributed by atoms with Gasteiger partial charge in [-0.3, -0.25) is 0 Å². The smallest absolute Gasteiger partial charge is 0.241 e. The molecule has 0 fully saturated rings. The summed E-state index contributed by atoms with van der Waals surface area (Å²) in [6.07, 6.45) is 0.533. The highest BCUT2D eigenvalue weighted by molar-refractivity contribution is 7.91. The fourth-order valence-electron chi connectivity index (χ4n) is 1.98. The predicted molar refractivity (Wildman–Crippen MR) is 95.8 cm³/mol. The number of thiazole rings is 1. The fraction of sp³-hybridized carbons (Fsp3) is 0.133. The summed E-state index contributed by atoms with van der Waals surface area (Å²) in [5.74, 6) is 0. The van der Waals surface area contributed by atoms with E-state index in [1.54, 1.807) is 17.5 Å². The highest BCUT2D eigenvalue weighted by Gasteiger charge is 2.14. The maximum atomic E-state index is 12.0. The number of hydrogen-bond donors (Lipinski definition) is 1. The first-order chi connectivity index (χ1) is 11.1. The number of nitrogens with one attached hydrogen (secondary N) is 1. The van der Waals surface area contributed by atoms with Gasteiger partial charge in [-0.15, -0.1) is 22.7 Å². The van der Waals surface area contributed by atoms with Gasteiger partial charge in [-0.25, -0.2) is 18.1 Å². The monoisotopic (exact) mass is 384 g/mol. The average molecular weight is 385 g/mol. The number of aromatic nitrogens is 1. The van der Waals surface area contributed by atoms with Gasteiger partial charge in [0.25, 0.3) is 0 Å². The quantitative estimate of drug-likeness (QED) is 0.697. The molecule has 2 aromatic heterocycles. The molecule has 0 aliphatic rings. The molecule has 2 heterocycles. The van der Waals surface area contributed by atoms with Gasteiger partial charge in [0.15, 0.2) is 0 Å². The van der Waals surface area contributed by atoms with Gasteiger partial charge < -0.3 is 0 Å². The van der Waals surface area contributed by atoms with Gasteiger partial charge in [0, 0.05) is 23.9 Å². The number of sulfonamides is 1. The standard InChI is InChI=1S/C15H13ClN2O2S3/c16-13-5-2-1-4-12(13)15-18-11(10-22-15)7-8-17-23(19,20)14-6-3-9-21-14/h1-6,9-10,17H,7-8H2. The van der Waals surface area contributed by atoms with E-state index >= 15 is 0 Å². The lowest BCUT2D eigenvalue weighted by Gasteiger charge is -2.03. The van der Waals surface area contributed by atoms with E-state index in [0.717, 1.165) is 16.3 Å². The molecule has 0 radical (unpaired) electrons. The van der Waals surface area contributed by atoms with Crippen molar-refractivity contribution < 1.29 is 8.42 Å². The van der Waals surface area contributed by atoms with Crippen LogP contribution in [0.5, 0.6) is 0 Å². The zero-order valence-corrected chi connectivity index (χ0v) is 15.1. The maximum absolute atomic E-state index is 12.0. The fourth-order valence-corrected chi connectivity index (χ4v) is 5.22. The van der Waals surface area contributed by atoms with Crippen molar-refractivity contribution in [3.05, 3.63) is 57.9 Å². The van der Waals surface area contributed by atoms with Crippen molar-refractivity contribution in [3.8, 4) is 10.6 Å². The lowest BCUT2D eigenvalue weighted by Crippen LogP contribution is -2.25. The largest absolute Gasteiger partial charge is 0.250 e. The molecule has 1 N–H and O–H groups in total. The minimum Gasteiger partial charge on any atom is -0.241 e. The van der Waals surface area contributed by atoms with E-state index in [1.165, 1.54) is 22.7 Å². The predicted octanol–water partition coefficient (Wildman–Crippen LogP) is 4.05. The first-order valence-electron chi connectivity index (χ1n) is 6.79. The first kappa shape index (κ1) is 16.6. The Morgan fingerprint density at radius 1 is 1.13 bits per heavy atom. The van der Waals surface area contributed by atoms with Crippen LogP contribution in [0, 0.1) is 0 Å². The van der Waals surface area contributed by atoms with Crippen LogP contribution in [0.25, 0.3) is 10.6 Å². The third-order valence-electron chi connectivity index (χ3n) is 3.09. The van der Waals surface area contributed by atoms with Gasteiger partial charge in [0.1, 0.15) is 9.22 Å². The van der Waals surface area contributed by atoms with Crippen molar-refractivity contribution in [1.29, 1.82) is 0 Å². The molecular formula is C15H13ClN2O2S3. The highest BCUT2D eigenvalue weighted by atomic mass is 35.5. The molecule has 0 amide bonds. The van der Waals surface area contributed by atoms with E-state index in [2.05, 4.69) is 9.71 Å². The minimum atomic E-state index is -3.42. The van der Waals surface area contributed by atoms with Crippen LogP contribution in [0.4, 0.5) is 0 Å². The van der Waals surface area contributed by atoms with Crippen molar-refractivity contribution in [3.63, 3.8) is 0 Å². The van der Waals surface area contributed by atoms with Gasteiger partial charge >= 0.3 is 0 Å². The Morgan fingerprint density at radius 2 is 1.96 bits per heavy atom. The van der Waals surface area contributed by atoms with Crippen LogP contribution >= 0.6 is 34.3 Å². The molecule has 3 aromatic rings. The lowest BCUT2D eigenvalue weighted by atomic mass is 10.2. The van der Waals surface area contributed by atoms with Crippen molar-refractivity contribution >= 4 is 44.3 Å². The Kier molecular flexibility index (Phi) is 5.13. The molecule has 23 heavy (non-hydrogen) atoms. The molecular weight excluding hydrogens is 372 g/mol. The molecule has 0 saturated carbocycles. The number of thiophene rings is 1. The molecule has 0 bridgehead atoms. The summed E-state index contributed by atoms with van der Waals surface area (Å²) in [7, 11) is -3.42. The molecule has 4 nitrogen and oxygen atoms in total. The van der Waals surface area contributed by atoms with Crippen molar-refractivity contribution in [2.24, 2.45) is 0 Å². The second-order valence-electron chi connectivity index (χ2n) is 4.70. The van der Waals surface area contributed by atoms with E-state index in [4.69, 9.17) is 11.6 Å². The molecule has 0 aliphatic heterocycles. The normalized spacial score (nSPS) is 11.7. The number of halogens is 1. The molecule has 0 spiro atoms. The third kappa shape index (κ3) is 3.99. The van der Waals surface area contributed by atoms with E-state index in [9.17, 15) is 8.42 Å². The molecule has 1 aromatic carbocycles. The summed E-state index contributed by atoms with van der Waals surface area (Å²) in [6.45, 7) is 0.311.